The van der Waals surface area contributed by atoms with Crippen molar-refractivity contribution < 1.29 is 4.52 Å². The summed E-state index contributed by atoms with van der Waals surface area (Å²) in [6.07, 6.45) is 2.34. The van der Waals surface area contributed by atoms with Crippen molar-refractivity contribution in [2.24, 2.45) is 0 Å². The van der Waals surface area contributed by atoms with E-state index in [4.69, 9.17) is 9.78 Å². The molecule has 0 spiro atoms. The summed E-state index contributed by atoms with van der Waals surface area (Å²) >= 11 is 0. The van der Waals surface area contributed by atoms with Crippen LogP contribution >= 0.6 is 0 Å². The van der Waals surface area contributed by atoms with Gasteiger partial charge in [-0.25, -0.2) is 0 Å². The van der Waals surface area contributed by atoms with Gasteiger partial charge in [0.15, 0.2) is 5.82 Å². The smallest absolute Gasteiger partial charge is 0.243 e. The van der Waals surface area contributed by atoms with Crippen LogP contribution in [0.15, 0.2) is 28.8 Å². The molecule has 0 bridgehead atoms. The van der Waals surface area contributed by atoms with Gasteiger partial charge in [-0.2, -0.15) is 10.2 Å². The Labute approximate surface area is 124 Å². The monoisotopic (exact) mass is 282 g/mol. The maximum Gasteiger partial charge on any atom is 0.243 e. The lowest BCUT2D eigenvalue weighted by atomic mass is 10.1. The van der Waals surface area contributed by atoms with Crippen molar-refractivity contribution in [3.05, 3.63) is 47.1 Å². The molecule has 1 aromatic heterocycles. The topological polar surface area (TPSA) is 66.0 Å². The predicted octanol–water partition coefficient (Wildman–Crippen LogP) is 3.01. The van der Waals surface area contributed by atoms with Crippen molar-refractivity contribution in [2.45, 2.75) is 38.3 Å². The first kappa shape index (κ1) is 13.8. The van der Waals surface area contributed by atoms with Crippen LogP contribution in [-0.4, -0.2) is 22.1 Å². The van der Waals surface area contributed by atoms with E-state index in [1.807, 2.05) is 31.3 Å². The first-order valence-electron chi connectivity index (χ1n) is 7.20. The third-order valence-electron chi connectivity index (χ3n) is 3.91. The van der Waals surface area contributed by atoms with Gasteiger partial charge < -0.3 is 4.52 Å². The summed E-state index contributed by atoms with van der Waals surface area (Å²) in [6, 6.07) is 9.87. The van der Waals surface area contributed by atoms with Gasteiger partial charge >= 0.3 is 0 Å². The zero-order valence-electron chi connectivity index (χ0n) is 12.3. The zero-order valence-corrected chi connectivity index (χ0v) is 12.3. The molecule has 5 nitrogen and oxygen atoms in total. The molecule has 1 aromatic carbocycles. The molecule has 1 saturated carbocycles. The Morgan fingerprint density at radius 3 is 3.00 bits per heavy atom. The Hall–Kier alpha value is -2.19. The first-order valence-corrected chi connectivity index (χ1v) is 7.20. The Bertz CT molecular complexity index is 669. The molecule has 1 heterocycles. The molecule has 1 unspecified atom stereocenters. The summed E-state index contributed by atoms with van der Waals surface area (Å²) in [6.45, 7) is 2.79. The Kier molecular flexibility index (Phi) is 3.72. The molecule has 0 radical (unpaired) electrons. The fraction of sp³-hybridized carbons (Fsp3) is 0.438. The van der Waals surface area contributed by atoms with Gasteiger partial charge in [0.1, 0.15) is 0 Å². The quantitative estimate of drug-likeness (QED) is 0.843. The maximum absolute atomic E-state index is 8.95. The number of rotatable bonds is 5. The summed E-state index contributed by atoms with van der Waals surface area (Å²) in [4.78, 5) is 6.64. The van der Waals surface area contributed by atoms with E-state index in [0.717, 1.165) is 17.9 Å². The minimum absolute atomic E-state index is 0.0516. The van der Waals surface area contributed by atoms with E-state index >= 15 is 0 Å². The van der Waals surface area contributed by atoms with Crippen LogP contribution in [0.1, 0.15) is 54.6 Å². The Balaban J connectivity index is 1.68. The van der Waals surface area contributed by atoms with Crippen LogP contribution in [0, 0.1) is 11.3 Å². The number of nitrogens with zero attached hydrogens (tertiary/aromatic N) is 4. The third kappa shape index (κ3) is 3.11. The standard InChI is InChI=1S/C16H18N4O/c1-11(16-18-15(19-21-16)14-6-7-14)20(2)10-13-5-3-4-12(8-13)9-17/h3-5,8,11,14H,6-7,10H2,1-2H3. The van der Waals surface area contributed by atoms with E-state index in [0.29, 0.717) is 17.4 Å². The molecule has 2 aromatic rings. The molecule has 0 saturated heterocycles. The molecule has 0 aliphatic heterocycles. The van der Waals surface area contributed by atoms with E-state index in [2.05, 4.69) is 28.0 Å². The molecule has 3 rings (SSSR count). The van der Waals surface area contributed by atoms with Gasteiger partial charge in [0.25, 0.3) is 0 Å². The van der Waals surface area contributed by atoms with Gasteiger partial charge in [0.05, 0.1) is 17.7 Å². The summed E-state index contributed by atoms with van der Waals surface area (Å²) < 4.78 is 5.38. The van der Waals surface area contributed by atoms with Gasteiger partial charge in [-0.15, -0.1) is 0 Å². The number of nitriles is 1. The van der Waals surface area contributed by atoms with Crippen molar-refractivity contribution in [3.8, 4) is 6.07 Å². The van der Waals surface area contributed by atoms with E-state index < -0.39 is 0 Å². The molecule has 0 amide bonds. The number of aromatic nitrogens is 2. The van der Waals surface area contributed by atoms with Crippen LogP contribution in [0.3, 0.4) is 0 Å². The Morgan fingerprint density at radius 2 is 2.29 bits per heavy atom. The normalized spacial score (nSPS) is 15.9. The lowest BCUT2D eigenvalue weighted by Crippen LogP contribution is -2.22. The van der Waals surface area contributed by atoms with E-state index in [-0.39, 0.29) is 6.04 Å². The molecule has 1 atom stereocenters. The second-order valence-corrected chi connectivity index (χ2v) is 5.67. The average molecular weight is 282 g/mol. The lowest BCUT2D eigenvalue weighted by molar-refractivity contribution is 0.202. The minimum atomic E-state index is 0.0516. The summed E-state index contributed by atoms with van der Waals surface area (Å²) in [5.41, 5.74) is 1.78. The predicted molar refractivity (Wildman–Crippen MR) is 77.3 cm³/mol. The molecule has 0 N–H and O–H groups in total. The highest BCUT2D eigenvalue weighted by Gasteiger charge is 2.30. The van der Waals surface area contributed by atoms with E-state index in [9.17, 15) is 0 Å². The number of hydrogen-bond acceptors (Lipinski definition) is 5. The average Bonchev–Trinajstić information content (AvgIpc) is 3.24. The van der Waals surface area contributed by atoms with E-state index in [1.165, 1.54) is 12.8 Å². The second kappa shape index (κ2) is 5.66. The number of benzene rings is 1. The molecule has 1 fully saturated rings. The van der Waals surface area contributed by atoms with Crippen LogP contribution in [0.2, 0.25) is 0 Å². The molecular weight excluding hydrogens is 264 g/mol. The molecule has 1 aliphatic rings. The van der Waals surface area contributed by atoms with Crippen molar-refractivity contribution >= 4 is 0 Å². The van der Waals surface area contributed by atoms with Crippen molar-refractivity contribution in [1.82, 2.24) is 15.0 Å². The third-order valence-corrected chi connectivity index (χ3v) is 3.91. The van der Waals surface area contributed by atoms with Crippen molar-refractivity contribution in [2.75, 3.05) is 7.05 Å². The largest absolute Gasteiger partial charge is 0.338 e. The van der Waals surface area contributed by atoms with Gasteiger partial charge in [-0.1, -0.05) is 17.3 Å². The highest BCUT2D eigenvalue weighted by atomic mass is 16.5. The fourth-order valence-corrected chi connectivity index (χ4v) is 2.28. The Morgan fingerprint density at radius 1 is 1.48 bits per heavy atom. The zero-order chi connectivity index (χ0) is 14.8. The maximum atomic E-state index is 8.95. The SMILES string of the molecule is CC(c1nc(C2CC2)no1)N(C)Cc1cccc(C#N)c1. The fourth-order valence-electron chi connectivity index (χ4n) is 2.28. The molecule has 1 aliphatic carbocycles. The van der Waals surface area contributed by atoms with Crippen LogP contribution in [-0.2, 0) is 6.54 Å². The molecule has 108 valence electrons. The van der Waals surface area contributed by atoms with Crippen LogP contribution < -0.4 is 0 Å². The van der Waals surface area contributed by atoms with Crippen LogP contribution in [0.5, 0.6) is 0 Å². The number of hydrogen-bond donors (Lipinski definition) is 0. The van der Waals surface area contributed by atoms with Crippen LogP contribution in [0.25, 0.3) is 0 Å². The highest BCUT2D eigenvalue weighted by molar-refractivity contribution is 5.32. The summed E-state index contributed by atoms with van der Waals surface area (Å²) in [5.74, 6) is 2.01. The lowest BCUT2D eigenvalue weighted by Gasteiger charge is -2.21. The van der Waals surface area contributed by atoms with Crippen molar-refractivity contribution in [3.63, 3.8) is 0 Å². The minimum Gasteiger partial charge on any atom is -0.338 e. The van der Waals surface area contributed by atoms with Crippen molar-refractivity contribution in [1.29, 1.82) is 5.26 Å². The summed E-state index contributed by atoms with van der Waals surface area (Å²) in [5, 5.41) is 13.0. The molecular formula is C16H18N4O. The molecule has 21 heavy (non-hydrogen) atoms. The van der Waals surface area contributed by atoms with Gasteiger partial charge in [-0.3, -0.25) is 4.90 Å². The molecule has 5 heteroatoms. The van der Waals surface area contributed by atoms with Crippen LogP contribution in [0.4, 0.5) is 0 Å². The van der Waals surface area contributed by atoms with Gasteiger partial charge in [0, 0.05) is 12.5 Å². The van der Waals surface area contributed by atoms with Gasteiger partial charge in [-0.05, 0) is 44.5 Å². The van der Waals surface area contributed by atoms with Gasteiger partial charge in [0.2, 0.25) is 5.89 Å². The van der Waals surface area contributed by atoms with E-state index in [1.54, 1.807) is 0 Å². The first-order chi connectivity index (χ1) is 10.2. The highest BCUT2D eigenvalue weighted by Crippen LogP contribution is 2.38. The second-order valence-electron chi connectivity index (χ2n) is 5.67. The summed E-state index contributed by atoms with van der Waals surface area (Å²) in [7, 11) is 2.02.